The van der Waals surface area contributed by atoms with Gasteiger partial charge < -0.3 is 15.1 Å². The van der Waals surface area contributed by atoms with Crippen molar-refractivity contribution in [2.45, 2.75) is 51.0 Å². The summed E-state index contributed by atoms with van der Waals surface area (Å²) in [5.74, 6) is 0.786. The Morgan fingerprint density at radius 1 is 1.06 bits per heavy atom. The first kappa shape index (κ1) is 24.2. The number of carbonyl (C=O) groups excluding carboxylic acids is 3. The van der Waals surface area contributed by atoms with Crippen LogP contribution in [-0.2, 0) is 9.59 Å². The lowest BCUT2D eigenvalue weighted by atomic mass is 9.95. The van der Waals surface area contributed by atoms with Gasteiger partial charge >= 0.3 is 0 Å². The van der Waals surface area contributed by atoms with Gasteiger partial charge in [-0.25, -0.2) is 0 Å². The lowest BCUT2D eigenvalue weighted by molar-refractivity contribution is -0.129. The minimum atomic E-state index is -0.121. The van der Waals surface area contributed by atoms with Crippen LogP contribution in [0, 0.1) is 5.92 Å². The Morgan fingerprint density at radius 3 is 2.48 bits per heavy atom. The van der Waals surface area contributed by atoms with Crippen LogP contribution in [-0.4, -0.2) is 84.3 Å². The summed E-state index contributed by atoms with van der Waals surface area (Å²) in [5.41, 5.74) is 0.694. The SMILES string of the molecule is O=C(NCCCN1CCCC1=O)C(C1CCCC1)N1CCN(C(=O)c2cccc(Br)c2)CC1. The van der Waals surface area contributed by atoms with Crippen LogP contribution in [0.5, 0.6) is 0 Å². The number of nitrogens with zero attached hydrogens (tertiary/aromatic N) is 3. The molecule has 0 radical (unpaired) electrons. The van der Waals surface area contributed by atoms with Crippen LogP contribution >= 0.6 is 15.9 Å². The Bertz CT molecular complexity index is 850. The molecule has 2 aliphatic heterocycles. The zero-order chi connectivity index (χ0) is 23.2. The van der Waals surface area contributed by atoms with Crippen molar-refractivity contribution in [1.29, 1.82) is 0 Å². The summed E-state index contributed by atoms with van der Waals surface area (Å²) in [6.07, 6.45) is 6.97. The second-order valence-electron chi connectivity index (χ2n) is 9.46. The van der Waals surface area contributed by atoms with Crippen molar-refractivity contribution in [3.63, 3.8) is 0 Å². The highest BCUT2D eigenvalue weighted by Crippen LogP contribution is 2.31. The van der Waals surface area contributed by atoms with Gasteiger partial charge in [0.2, 0.25) is 11.8 Å². The van der Waals surface area contributed by atoms with Crippen molar-refractivity contribution in [2.75, 3.05) is 45.8 Å². The average molecular weight is 519 g/mol. The molecule has 3 fully saturated rings. The van der Waals surface area contributed by atoms with Crippen molar-refractivity contribution in [2.24, 2.45) is 5.92 Å². The van der Waals surface area contributed by atoms with Crippen molar-refractivity contribution < 1.29 is 14.4 Å². The number of benzene rings is 1. The molecule has 0 bridgehead atoms. The number of halogens is 1. The fraction of sp³-hybridized carbons (Fsp3) is 0.640. The monoisotopic (exact) mass is 518 g/mol. The Kier molecular flexibility index (Phi) is 8.41. The van der Waals surface area contributed by atoms with Crippen LogP contribution in [0.15, 0.2) is 28.7 Å². The van der Waals surface area contributed by atoms with Crippen molar-refractivity contribution in [3.8, 4) is 0 Å². The summed E-state index contributed by atoms with van der Waals surface area (Å²) < 4.78 is 0.902. The molecular formula is C25H35BrN4O3. The van der Waals surface area contributed by atoms with Gasteiger partial charge in [0.1, 0.15) is 0 Å². The topological polar surface area (TPSA) is 73.0 Å². The van der Waals surface area contributed by atoms with E-state index in [9.17, 15) is 14.4 Å². The predicted octanol–water partition coefficient (Wildman–Crippen LogP) is 2.89. The van der Waals surface area contributed by atoms with E-state index < -0.39 is 0 Å². The zero-order valence-electron chi connectivity index (χ0n) is 19.3. The van der Waals surface area contributed by atoms with E-state index in [2.05, 4.69) is 26.1 Å². The molecule has 1 aromatic rings. The standard InChI is InChI=1S/C25H35BrN4O3/c26-21-9-3-8-20(18-21)25(33)30-16-14-29(15-17-30)23(19-6-1-2-7-19)24(32)27-11-5-13-28-12-4-10-22(28)31/h3,8-9,18-19,23H,1-2,4-7,10-17H2,(H,27,32). The largest absolute Gasteiger partial charge is 0.355 e. The molecule has 4 rings (SSSR count). The van der Waals surface area contributed by atoms with Gasteiger partial charge in [0, 0.05) is 62.3 Å². The van der Waals surface area contributed by atoms with Crippen LogP contribution < -0.4 is 5.32 Å². The molecule has 0 aromatic heterocycles. The number of carbonyl (C=O) groups is 3. The highest BCUT2D eigenvalue weighted by molar-refractivity contribution is 9.10. The van der Waals surface area contributed by atoms with Crippen molar-refractivity contribution in [1.82, 2.24) is 20.0 Å². The summed E-state index contributed by atoms with van der Waals surface area (Å²) in [7, 11) is 0. The third-order valence-corrected chi connectivity index (χ3v) is 7.75. The van der Waals surface area contributed by atoms with Crippen LogP contribution in [0.2, 0.25) is 0 Å². The molecule has 1 aliphatic carbocycles. The molecule has 2 heterocycles. The second-order valence-corrected chi connectivity index (χ2v) is 10.4. The summed E-state index contributed by atoms with van der Waals surface area (Å²) >= 11 is 3.44. The number of rotatable bonds is 8. The quantitative estimate of drug-likeness (QED) is 0.537. The molecule has 180 valence electrons. The van der Waals surface area contributed by atoms with E-state index in [0.29, 0.717) is 37.5 Å². The van der Waals surface area contributed by atoms with Gasteiger partial charge in [0.25, 0.3) is 5.91 Å². The van der Waals surface area contributed by atoms with Crippen molar-refractivity contribution >= 4 is 33.7 Å². The molecule has 3 amide bonds. The molecule has 0 spiro atoms. The number of nitrogens with one attached hydrogen (secondary N) is 1. The first-order valence-electron chi connectivity index (χ1n) is 12.4. The maximum Gasteiger partial charge on any atom is 0.253 e. The van der Waals surface area contributed by atoms with E-state index in [4.69, 9.17) is 0 Å². The van der Waals surface area contributed by atoms with Crippen LogP contribution in [0.4, 0.5) is 0 Å². The second kappa shape index (κ2) is 11.5. The van der Waals surface area contributed by atoms with Crippen LogP contribution in [0.25, 0.3) is 0 Å². The Hall–Kier alpha value is -1.93. The van der Waals surface area contributed by atoms with Gasteiger partial charge in [-0.15, -0.1) is 0 Å². The number of amides is 3. The van der Waals surface area contributed by atoms with Gasteiger partial charge in [-0.05, 0) is 49.8 Å². The molecule has 3 aliphatic rings. The molecule has 1 atom stereocenters. The third kappa shape index (κ3) is 6.15. The lowest BCUT2D eigenvalue weighted by Crippen LogP contribution is -2.58. The molecule has 1 aromatic carbocycles. The number of likely N-dealkylation sites (tertiary alicyclic amines) is 1. The summed E-state index contributed by atoms with van der Waals surface area (Å²) in [6.45, 7) is 4.89. The maximum atomic E-state index is 13.2. The molecular weight excluding hydrogens is 484 g/mol. The number of hydrogen-bond acceptors (Lipinski definition) is 4. The fourth-order valence-electron chi connectivity index (χ4n) is 5.48. The van der Waals surface area contributed by atoms with E-state index >= 15 is 0 Å². The average Bonchev–Trinajstić information content (AvgIpc) is 3.49. The molecule has 7 nitrogen and oxygen atoms in total. The Morgan fingerprint density at radius 2 is 1.82 bits per heavy atom. The number of hydrogen-bond donors (Lipinski definition) is 1. The van der Waals surface area contributed by atoms with E-state index in [0.717, 1.165) is 56.3 Å². The minimum absolute atomic E-state index is 0.0503. The molecule has 2 saturated heterocycles. The predicted molar refractivity (Wildman–Crippen MR) is 131 cm³/mol. The summed E-state index contributed by atoms with van der Waals surface area (Å²) in [5, 5.41) is 3.16. The third-order valence-electron chi connectivity index (χ3n) is 7.26. The molecule has 1 N–H and O–H groups in total. The summed E-state index contributed by atoms with van der Waals surface area (Å²) in [6, 6.07) is 7.39. The van der Waals surface area contributed by atoms with Gasteiger partial charge in [-0.3, -0.25) is 19.3 Å². The Balaban J connectivity index is 1.30. The highest BCUT2D eigenvalue weighted by Gasteiger charge is 2.37. The highest BCUT2D eigenvalue weighted by atomic mass is 79.9. The van der Waals surface area contributed by atoms with Crippen molar-refractivity contribution in [3.05, 3.63) is 34.3 Å². The van der Waals surface area contributed by atoms with Gasteiger partial charge in [-0.2, -0.15) is 0 Å². The van der Waals surface area contributed by atoms with E-state index in [-0.39, 0.29) is 23.8 Å². The normalized spacial score (nSPS) is 20.9. The lowest BCUT2D eigenvalue weighted by Gasteiger charge is -2.40. The van der Waals surface area contributed by atoms with E-state index in [1.807, 2.05) is 34.1 Å². The molecule has 1 saturated carbocycles. The van der Waals surface area contributed by atoms with Gasteiger partial charge in [0.05, 0.1) is 6.04 Å². The van der Waals surface area contributed by atoms with Crippen LogP contribution in [0.1, 0.15) is 55.3 Å². The van der Waals surface area contributed by atoms with Gasteiger partial charge in [-0.1, -0.05) is 34.8 Å². The minimum Gasteiger partial charge on any atom is -0.355 e. The smallest absolute Gasteiger partial charge is 0.253 e. The zero-order valence-corrected chi connectivity index (χ0v) is 20.9. The summed E-state index contributed by atoms with van der Waals surface area (Å²) in [4.78, 5) is 44.0. The fourth-order valence-corrected chi connectivity index (χ4v) is 5.88. The first-order chi connectivity index (χ1) is 16.0. The van der Waals surface area contributed by atoms with Gasteiger partial charge in [0.15, 0.2) is 0 Å². The molecule has 8 heteroatoms. The van der Waals surface area contributed by atoms with E-state index in [1.165, 1.54) is 12.8 Å². The molecule has 33 heavy (non-hydrogen) atoms. The maximum absolute atomic E-state index is 13.2. The Labute approximate surface area is 205 Å². The first-order valence-corrected chi connectivity index (χ1v) is 13.2. The van der Waals surface area contributed by atoms with Crippen LogP contribution in [0.3, 0.4) is 0 Å². The van der Waals surface area contributed by atoms with E-state index in [1.54, 1.807) is 0 Å². The molecule has 1 unspecified atom stereocenters. The number of piperazine rings is 1.